The van der Waals surface area contributed by atoms with Crippen molar-refractivity contribution in [3.05, 3.63) is 0 Å². The van der Waals surface area contributed by atoms with Crippen LogP contribution in [-0.4, -0.2) is 29.5 Å². The van der Waals surface area contributed by atoms with Crippen LogP contribution in [0.15, 0.2) is 0 Å². The average Bonchev–Trinajstić information content (AvgIpc) is 2.53. The fourth-order valence-corrected chi connectivity index (χ4v) is 9.42. The Balaban J connectivity index is 4.62. The van der Waals surface area contributed by atoms with Crippen LogP contribution in [0.5, 0.6) is 0 Å². The summed E-state index contributed by atoms with van der Waals surface area (Å²) in [6.45, 7) is 6.67. The number of unbranched alkanes of at least 4 members (excludes halogenated alkanes) is 8. The molecule has 0 aromatic heterocycles. The summed E-state index contributed by atoms with van der Waals surface area (Å²) in [5, 5.41) is 0. The molecule has 0 saturated carbocycles. The van der Waals surface area contributed by atoms with Crippen LogP contribution in [0.2, 0.25) is 0 Å². The average molecular weight is 333 g/mol. The zero-order chi connectivity index (χ0) is 16.8. The van der Waals surface area contributed by atoms with Gasteiger partial charge in [-0.1, -0.05) is 0 Å². The summed E-state index contributed by atoms with van der Waals surface area (Å²) in [7, 11) is 0. The number of rotatable bonds is 16. The van der Waals surface area contributed by atoms with E-state index in [-0.39, 0.29) is 0 Å². The molecule has 0 atom stereocenters. The van der Waals surface area contributed by atoms with Crippen molar-refractivity contribution in [1.29, 1.82) is 0 Å². The van der Waals surface area contributed by atoms with Gasteiger partial charge >= 0.3 is 141 Å². The predicted octanol–water partition coefficient (Wildman–Crippen LogP) is 7.21. The van der Waals surface area contributed by atoms with Crippen LogP contribution in [0.3, 0.4) is 0 Å². The maximum atomic E-state index is 11.9. The summed E-state index contributed by atoms with van der Waals surface area (Å²) in [6.07, 6.45) is 20.1. The van der Waals surface area contributed by atoms with Gasteiger partial charge < -0.3 is 0 Å². The van der Waals surface area contributed by atoms with Gasteiger partial charge in [-0.05, 0) is 0 Å². The van der Waals surface area contributed by atoms with Crippen LogP contribution in [0.4, 0.5) is 0 Å². The molecule has 0 heterocycles. The van der Waals surface area contributed by atoms with Crippen LogP contribution in [0.1, 0.15) is 105 Å². The molecule has 0 aliphatic heterocycles. The van der Waals surface area contributed by atoms with Crippen molar-refractivity contribution in [1.82, 2.24) is 0 Å². The van der Waals surface area contributed by atoms with Gasteiger partial charge in [-0.25, -0.2) is 0 Å². The van der Waals surface area contributed by atoms with Gasteiger partial charge in [0.15, 0.2) is 0 Å². The Morgan fingerprint density at radius 1 is 0.455 bits per heavy atom. The molecule has 0 saturated heterocycles. The second-order valence-corrected chi connectivity index (χ2v) is 13.2. The normalized spacial score (nSPS) is 14.0. The van der Waals surface area contributed by atoms with Crippen LogP contribution in [0.25, 0.3) is 0 Å². The van der Waals surface area contributed by atoms with Gasteiger partial charge in [0.1, 0.15) is 0 Å². The van der Waals surface area contributed by atoms with Crippen molar-refractivity contribution < 1.29 is 4.89 Å². The van der Waals surface area contributed by atoms with Gasteiger partial charge in [-0.2, -0.15) is 0 Å². The van der Waals surface area contributed by atoms with E-state index in [4.69, 9.17) is 0 Å². The topological polar surface area (TPSA) is 20.2 Å². The zero-order valence-electron chi connectivity index (χ0n) is 16.2. The number of hydrogen-bond donors (Lipinski definition) is 1. The molecule has 1 nitrogen and oxygen atoms in total. The Hall–Kier alpha value is 0.390. The van der Waals surface area contributed by atoms with Crippen molar-refractivity contribution in [2.24, 2.45) is 0 Å². The van der Waals surface area contributed by atoms with E-state index in [9.17, 15) is 4.89 Å². The molecular formula is C20H45OP. The quantitative estimate of drug-likeness (QED) is 0.234. The first-order valence-electron chi connectivity index (χ1n) is 10.3. The van der Waals surface area contributed by atoms with E-state index < -0.39 is 6.83 Å². The molecule has 0 unspecified atom stereocenters. The van der Waals surface area contributed by atoms with Crippen LogP contribution in [0, 0.1) is 0 Å². The van der Waals surface area contributed by atoms with Crippen molar-refractivity contribution in [3.8, 4) is 0 Å². The Kier molecular flexibility index (Phi) is 13.0. The van der Waals surface area contributed by atoms with E-state index in [2.05, 4.69) is 27.7 Å². The summed E-state index contributed by atoms with van der Waals surface area (Å²) in [5.41, 5.74) is 0. The third-order valence-electron chi connectivity index (χ3n) is 5.34. The van der Waals surface area contributed by atoms with Crippen LogP contribution in [-0.2, 0) is 0 Å². The van der Waals surface area contributed by atoms with Gasteiger partial charge in [-0.15, -0.1) is 0 Å². The van der Waals surface area contributed by atoms with E-state index in [1.54, 1.807) is 0 Å². The molecule has 0 amide bonds. The molecule has 0 radical (unpaired) electrons. The van der Waals surface area contributed by atoms with E-state index >= 15 is 0 Å². The van der Waals surface area contributed by atoms with Crippen LogP contribution >= 0.6 is 6.83 Å². The summed E-state index contributed by atoms with van der Waals surface area (Å²) in [6, 6.07) is 0. The molecular weight excluding hydrogens is 287 g/mol. The molecule has 0 aromatic carbocycles. The fraction of sp³-hybridized carbons (Fsp3) is 1.00. The minimum atomic E-state index is -2.41. The monoisotopic (exact) mass is 332 g/mol. The van der Waals surface area contributed by atoms with Crippen molar-refractivity contribution in [3.63, 3.8) is 0 Å². The molecule has 0 aliphatic carbocycles. The first-order valence-corrected chi connectivity index (χ1v) is 13.2. The van der Waals surface area contributed by atoms with Gasteiger partial charge in [-0.3, -0.25) is 0 Å². The van der Waals surface area contributed by atoms with E-state index in [1.165, 1.54) is 77.0 Å². The molecule has 136 valence electrons. The first kappa shape index (κ1) is 22.4. The molecule has 22 heavy (non-hydrogen) atoms. The third-order valence-corrected chi connectivity index (χ3v) is 11.2. The van der Waals surface area contributed by atoms with Crippen molar-refractivity contribution >= 4 is 6.83 Å². The number of hydrogen-bond acceptors (Lipinski definition) is 1. The molecule has 0 fully saturated rings. The third kappa shape index (κ3) is 9.51. The predicted molar refractivity (Wildman–Crippen MR) is 107 cm³/mol. The van der Waals surface area contributed by atoms with Gasteiger partial charge in [0, 0.05) is 0 Å². The standard InChI is InChI=1S/C20H45OP/c1-5-9-13-14-15-16-20-22(21,17-10-6-2,18-11-7-3)19-12-8-4/h21H,5-20H2,1-4H3. The van der Waals surface area contributed by atoms with Gasteiger partial charge in [0.25, 0.3) is 0 Å². The Morgan fingerprint density at radius 3 is 1.18 bits per heavy atom. The molecule has 0 aliphatic rings. The summed E-state index contributed by atoms with van der Waals surface area (Å²) < 4.78 is 0. The maximum absolute atomic E-state index is 11.9. The summed E-state index contributed by atoms with van der Waals surface area (Å²) in [5.74, 6) is 0. The van der Waals surface area contributed by atoms with Crippen molar-refractivity contribution in [2.75, 3.05) is 24.6 Å². The summed E-state index contributed by atoms with van der Waals surface area (Å²) >= 11 is 0. The molecule has 2 heteroatoms. The molecule has 0 spiro atoms. The van der Waals surface area contributed by atoms with E-state index in [0.717, 1.165) is 24.6 Å². The first-order chi connectivity index (χ1) is 10.5. The minimum absolute atomic E-state index is 1.15. The second-order valence-electron chi connectivity index (χ2n) is 7.63. The van der Waals surface area contributed by atoms with Crippen LogP contribution < -0.4 is 0 Å². The second kappa shape index (κ2) is 12.8. The SMILES string of the molecule is CCCCCCCCP(O)(CCCC)(CCCC)CCCC. The van der Waals surface area contributed by atoms with Crippen molar-refractivity contribution in [2.45, 2.75) is 105 Å². The Morgan fingerprint density at radius 2 is 0.773 bits per heavy atom. The van der Waals surface area contributed by atoms with E-state index in [1.807, 2.05) is 0 Å². The van der Waals surface area contributed by atoms with E-state index in [0.29, 0.717) is 0 Å². The molecule has 0 rings (SSSR count). The Labute approximate surface area is 141 Å². The Bertz CT molecular complexity index is 228. The molecule has 1 N–H and O–H groups in total. The fourth-order valence-electron chi connectivity index (χ4n) is 3.66. The summed E-state index contributed by atoms with van der Waals surface area (Å²) in [4.78, 5) is 11.9. The molecule has 0 aromatic rings. The zero-order valence-corrected chi connectivity index (χ0v) is 17.1. The van der Waals surface area contributed by atoms with Gasteiger partial charge in [0.05, 0.1) is 0 Å². The van der Waals surface area contributed by atoms with Gasteiger partial charge in [0.2, 0.25) is 0 Å². The molecule has 0 bridgehead atoms.